The Labute approximate surface area is 138 Å². The number of para-hydroxylation sites is 1. The number of hydrogen-bond donors (Lipinski definition) is 1. The Kier molecular flexibility index (Phi) is 4.58. The predicted molar refractivity (Wildman–Crippen MR) is 91.2 cm³/mol. The first-order valence-corrected chi connectivity index (χ1v) is 7.54. The topological polar surface area (TPSA) is 68.1 Å². The molecular formula is C16H15N5OS. The van der Waals surface area contributed by atoms with Gasteiger partial charge in [0.1, 0.15) is 5.75 Å². The zero-order chi connectivity index (χ0) is 16.1. The van der Waals surface area contributed by atoms with Crippen LogP contribution >= 0.6 is 12.2 Å². The number of nitrogens with one attached hydrogen (secondary N) is 1. The average Bonchev–Trinajstić information content (AvgIpc) is 2.95. The van der Waals surface area contributed by atoms with Crippen molar-refractivity contribution in [1.29, 1.82) is 0 Å². The first-order valence-electron chi connectivity index (χ1n) is 7.13. The maximum atomic E-state index is 5.66. The third kappa shape index (κ3) is 3.35. The Hall–Kier alpha value is -2.80. The van der Waals surface area contributed by atoms with Crippen molar-refractivity contribution in [2.75, 3.05) is 6.61 Å². The molecule has 23 heavy (non-hydrogen) atoms. The fourth-order valence-electron chi connectivity index (χ4n) is 2.08. The summed E-state index contributed by atoms with van der Waals surface area (Å²) in [5, 5.41) is 11.5. The molecule has 0 spiro atoms. The molecule has 3 aromatic rings. The summed E-state index contributed by atoms with van der Waals surface area (Å²) >= 11 is 5.27. The van der Waals surface area contributed by atoms with Crippen molar-refractivity contribution in [2.24, 2.45) is 5.10 Å². The molecule has 0 bridgehead atoms. The van der Waals surface area contributed by atoms with Crippen molar-refractivity contribution in [3.05, 3.63) is 59.1 Å². The van der Waals surface area contributed by atoms with E-state index >= 15 is 0 Å². The fourth-order valence-corrected chi connectivity index (χ4v) is 2.26. The van der Waals surface area contributed by atoms with Gasteiger partial charge in [0.05, 0.1) is 18.4 Å². The van der Waals surface area contributed by atoms with Crippen LogP contribution in [-0.2, 0) is 0 Å². The lowest BCUT2D eigenvalue weighted by atomic mass is 10.2. The highest BCUT2D eigenvalue weighted by Gasteiger charge is 2.13. The summed E-state index contributed by atoms with van der Waals surface area (Å²) < 4.78 is 7.65. The largest absolute Gasteiger partial charge is 0.493 e. The zero-order valence-corrected chi connectivity index (χ0v) is 13.3. The Morgan fingerprint density at radius 3 is 2.83 bits per heavy atom. The van der Waals surface area contributed by atoms with Gasteiger partial charge in [-0.3, -0.25) is 4.98 Å². The lowest BCUT2D eigenvalue weighted by molar-refractivity contribution is 0.341. The molecule has 0 fully saturated rings. The van der Waals surface area contributed by atoms with Gasteiger partial charge in [-0.05, 0) is 49.0 Å². The predicted octanol–water partition coefficient (Wildman–Crippen LogP) is 3.28. The standard InChI is InChI=1S/C16H15N5OS/c1-2-22-14-6-4-3-5-13(14)15-19-20-16(23)21(15)18-11-12-7-9-17-10-8-12/h3-11H,2H2,1H3,(H,20,23)/b18-11-. The highest BCUT2D eigenvalue weighted by Crippen LogP contribution is 2.28. The minimum Gasteiger partial charge on any atom is -0.493 e. The molecule has 0 saturated carbocycles. The van der Waals surface area contributed by atoms with Crippen LogP contribution in [0.2, 0.25) is 0 Å². The van der Waals surface area contributed by atoms with Crippen LogP contribution in [0.3, 0.4) is 0 Å². The quantitative estimate of drug-likeness (QED) is 0.577. The van der Waals surface area contributed by atoms with Gasteiger partial charge >= 0.3 is 0 Å². The van der Waals surface area contributed by atoms with E-state index in [0.717, 1.165) is 16.9 Å². The van der Waals surface area contributed by atoms with Crippen LogP contribution < -0.4 is 4.74 Å². The minimum absolute atomic E-state index is 0.414. The highest BCUT2D eigenvalue weighted by molar-refractivity contribution is 7.71. The van der Waals surface area contributed by atoms with Crippen LogP contribution in [-0.4, -0.2) is 32.7 Å². The average molecular weight is 325 g/mol. The summed E-state index contributed by atoms with van der Waals surface area (Å²) in [6.07, 6.45) is 5.13. The van der Waals surface area contributed by atoms with Gasteiger partial charge in [-0.15, -0.1) is 0 Å². The second-order valence-corrected chi connectivity index (χ2v) is 5.01. The van der Waals surface area contributed by atoms with Crippen LogP contribution in [0, 0.1) is 4.77 Å². The van der Waals surface area contributed by atoms with Crippen LogP contribution in [0.5, 0.6) is 5.75 Å². The minimum atomic E-state index is 0.414. The molecule has 0 aliphatic carbocycles. The lowest BCUT2D eigenvalue weighted by Gasteiger charge is -2.08. The van der Waals surface area contributed by atoms with Gasteiger partial charge in [0.25, 0.3) is 0 Å². The van der Waals surface area contributed by atoms with Crippen molar-refractivity contribution >= 4 is 18.4 Å². The number of aromatic amines is 1. The number of benzene rings is 1. The number of hydrogen-bond acceptors (Lipinski definition) is 5. The number of aromatic nitrogens is 4. The third-order valence-electron chi connectivity index (χ3n) is 3.11. The van der Waals surface area contributed by atoms with Crippen LogP contribution in [0.15, 0.2) is 53.9 Å². The van der Waals surface area contributed by atoms with Gasteiger partial charge in [0.2, 0.25) is 4.77 Å². The number of nitrogens with zero attached hydrogens (tertiary/aromatic N) is 4. The van der Waals surface area contributed by atoms with E-state index in [1.807, 2.05) is 43.3 Å². The third-order valence-corrected chi connectivity index (χ3v) is 3.37. The second-order valence-electron chi connectivity index (χ2n) is 4.62. The molecule has 7 heteroatoms. The molecule has 1 N–H and O–H groups in total. The van der Waals surface area contributed by atoms with Gasteiger partial charge in [-0.2, -0.15) is 14.9 Å². The Morgan fingerprint density at radius 2 is 2.04 bits per heavy atom. The van der Waals surface area contributed by atoms with Gasteiger partial charge in [-0.25, -0.2) is 5.10 Å². The van der Waals surface area contributed by atoms with Gasteiger partial charge in [0, 0.05) is 12.4 Å². The summed E-state index contributed by atoms with van der Waals surface area (Å²) in [5.41, 5.74) is 1.75. The summed E-state index contributed by atoms with van der Waals surface area (Å²) in [7, 11) is 0. The molecule has 3 rings (SSSR count). The molecular weight excluding hydrogens is 310 g/mol. The Morgan fingerprint density at radius 1 is 1.26 bits per heavy atom. The first-order chi connectivity index (χ1) is 11.3. The van der Waals surface area contributed by atoms with Crippen molar-refractivity contribution in [1.82, 2.24) is 19.9 Å². The van der Waals surface area contributed by atoms with Crippen LogP contribution in [0.1, 0.15) is 12.5 Å². The molecule has 0 unspecified atom stereocenters. The van der Waals surface area contributed by atoms with E-state index in [1.54, 1.807) is 23.3 Å². The number of ether oxygens (including phenoxy) is 1. The molecule has 0 atom stereocenters. The maximum absolute atomic E-state index is 5.66. The summed E-state index contributed by atoms with van der Waals surface area (Å²) in [6, 6.07) is 11.4. The highest BCUT2D eigenvalue weighted by atomic mass is 32.1. The number of pyridine rings is 1. The molecule has 0 amide bonds. The van der Waals surface area contributed by atoms with Gasteiger partial charge < -0.3 is 4.74 Å². The van der Waals surface area contributed by atoms with E-state index < -0.39 is 0 Å². The van der Waals surface area contributed by atoms with Crippen molar-refractivity contribution < 1.29 is 4.74 Å². The summed E-state index contributed by atoms with van der Waals surface area (Å²) in [4.78, 5) is 3.98. The summed E-state index contributed by atoms with van der Waals surface area (Å²) in [5.74, 6) is 1.34. The molecule has 0 radical (unpaired) electrons. The monoisotopic (exact) mass is 325 g/mol. The van der Waals surface area contributed by atoms with Crippen LogP contribution in [0.25, 0.3) is 11.4 Å². The molecule has 2 aromatic heterocycles. The van der Waals surface area contributed by atoms with Crippen LogP contribution in [0.4, 0.5) is 0 Å². The van der Waals surface area contributed by atoms with E-state index in [2.05, 4.69) is 20.3 Å². The molecule has 0 aliphatic heterocycles. The zero-order valence-electron chi connectivity index (χ0n) is 12.5. The SMILES string of the molecule is CCOc1ccccc1-c1n[nH]c(=S)n1/N=C\c1ccncc1. The fraction of sp³-hybridized carbons (Fsp3) is 0.125. The van der Waals surface area contributed by atoms with Gasteiger partial charge in [0.15, 0.2) is 5.82 Å². The molecule has 0 aliphatic rings. The first kappa shape index (κ1) is 15.1. The Balaban J connectivity index is 2.03. The maximum Gasteiger partial charge on any atom is 0.216 e. The summed E-state index contributed by atoms with van der Waals surface area (Å²) in [6.45, 7) is 2.51. The van der Waals surface area contributed by atoms with Crippen molar-refractivity contribution in [2.45, 2.75) is 6.92 Å². The molecule has 0 saturated heterocycles. The Bertz CT molecular complexity index is 869. The van der Waals surface area contributed by atoms with E-state index in [-0.39, 0.29) is 0 Å². The normalized spacial score (nSPS) is 11.0. The number of rotatable bonds is 5. The van der Waals surface area contributed by atoms with Crippen molar-refractivity contribution in [3.8, 4) is 17.1 Å². The van der Waals surface area contributed by atoms with E-state index in [1.165, 1.54) is 0 Å². The number of H-pyrrole nitrogens is 1. The molecule has 6 nitrogen and oxygen atoms in total. The molecule has 116 valence electrons. The molecule has 1 aromatic carbocycles. The van der Waals surface area contributed by atoms with E-state index in [0.29, 0.717) is 17.2 Å². The lowest BCUT2D eigenvalue weighted by Crippen LogP contribution is -1.99. The van der Waals surface area contributed by atoms with Gasteiger partial charge in [-0.1, -0.05) is 12.1 Å². The smallest absolute Gasteiger partial charge is 0.216 e. The molecule has 2 heterocycles. The van der Waals surface area contributed by atoms with E-state index in [9.17, 15) is 0 Å². The van der Waals surface area contributed by atoms with Crippen molar-refractivity contribution in [3.63, 3.8) is 0 Å². The second kappa shape index (κ2) is 6.97. The van der Waals surface area contributed by atoms with E-state index in [4.69, 9.17) is 17.0 Å².